The van der Waals surface area contributed by atoms with Crippen molar-refractivity contribution in [2.75, 3.05) is 19.5 Å². The number of hydrogen-bond donors (Lipinski definition) is 1. The number of hydrogen-bond acceptors (Lipinski definition) is 3. The van der Waals surface area contributed by atoms with Gasteiger partial charge in [-0.1, -0.05) is 12.1 Å². The fourth-order valence-electron chi connectivity index (χ4n) is 1.48. The summed E-state index contributed by atoms with van der Waals surface area (Å²) in [6.07, 6.45) is -0.497. The molecule has 1 N–H and O–H groups in total. The van der Waals surface area contributed by atoms with Crippen LogP contribution in [0.1, 0.15) is 19.4 Å². The fourth-order valence-corrected chi connectivity index (χ4v) is 1.48. The molecule has 2 amide bonds. The van der Waals surface area contributed by atoms with Crippen LogP contribution in [-0.4, -0.2) is 37.0 Å². The summed E-state index contributed by atoms with van der Waals surface area (Å²) in [7, 11) is 3.23. The maximum Gasteiger partial charge on any atom is 0.253 e. The zero-order chi connectivity index (χ0) is 14.4. The van der Waals surface area contributed by atoms with Crippen LogP contribution >= 0.6 is 0 Å². The number of benzene rings is 1. The second-order valence-corrected chi connectivity index (χ2v) is 4.44. The molecule has 19 heavy (non-hydrogen) atoms. The van der Waals surface area contributed by atoms with Gasteiger partial charge in [-0.3, -0.25) is 9.59 Å². The van der Waals surface area contributed by atoms with E-state index in [9.17, 15) is 9.59 Å². The van der Waals surface area contributed by atoms with Crippen LogP contribution in [0.2, 0.25) is 0 Å². The van der Waals surface area contributed by atoms with E-state index in [1.165, 1.54) is 14.0 Å². The minimum absolute atomic E-state index is 0.00226. The zero-order valence-corrected chi connectivity index (χ0v) is 11.8. The van der Waals surface area contributed by atoms with Crippen molar-refractivity contribution in [1.29, 1.82) is 0 Å². The number of ether oxygens (including phenoxy) is 1. The lowest BCUT2D eigenvalue weighted by molar-refractivity contribution is -0.128. The van der Waals surface area contributed by atoms with Crippen molar-refractivity contribution in [2.24, 2.45) is 0 Å². The van der Waals surface area contributed by atoms with Crippen molar-refractivity contribution in [2.45, 2.75) is 26.5 Å². The number of nitrogens with one attached hydrogen (secondary N) is 1. The summed E-state index contributed by atoms with van der Waals surface area (Å²) in [4.78, 5) is 24.5. The van der Waals surface area contributed by atoms with Crippen LogP contribution in [0.4, 0.5) is 5.69 Å². The number of nitrogens with zero attached hydrogens (tertiary/aromatic N) is 1. The third kappa shape index (κ3) is 4.71. The predicted molar refractivity (Wildman–Crippen MR) is 73.7 cm³/mol. The second-order valence-electron chi connectivity index (χ2n) is 4.44. The van der Waals surface area contributed by atoms with E-state index in [4.69, 9.17) is 4.74 Å². The highest BCUT2D eigenvalue weighted by atomic mass is 16.5. The van der Waals surface area contributed by atoms with Crippen LogP contribution in [0.15, 0.2) is 24.3 Å². The number of amides is 2. The molecular weight excluding hydrogens is 244 g/mol. The first-order chi connectivity index (χ1) is 8.93. The average molecular weight is 264 g/mol. The molecular formula is C14H20N2O3. The molecule has 1 aromatic rings. The molecule has 0 aliphatic heterocycles. The largest absolute Gasteiger partial charge is 0.372 e. The number of anilines is 1. The fraction of sp³-hybridized carbons (Fsp3) is 0.429. The summed E-state index contributed by atoms with van der Waals surface area (Å²) < 4.78 is 4.95. The van der Waals surface area contributed by atoms with Crippen LogP contribution in [0.5, 0.6) is 0 Å². The minimum Gasteiger partial charge on any atom is -0.372 e. The highest BCUT2D eigenvalue weighted by Gasteiger charge is 2.11. The average Bonchev–Trinajstić information content (AvgIpc) is 2.37. The summed E-state index contributed by atoms with van der Waals surface area (Å²) in [6, 6.07) is 7.41. The molecule has 5 heteroatoms. The summed E-state index contributed by atoms with van der Waals surface area (Å²) in [5.41, 5.74) is 1.66. The standard InChI is InChI=1S/C14H20N2O3/c1-10(19-4)14(18)15-13-7-5-6-12(8-13)9-16(3)11(2)17/h5-8,10H,9H2,1-4H3,(H,15,18). The normalized spacial score (nSPS) is 11.8. The third-order valence-electron chi connectivity index (χ3n) is 2.87. The van der Waals surface area contributed by atoms with E-state index in [0.29, 0.717) is 12.2 Å². The minimum atomic E-state index is -0.497. The van der Waals surface area contributed by atoms with Crippen molar-refractivity contribution in [1.82, 2.24) is 4.90 Å². The molecule has 1 unspecified atom stereocenters. The molecule has 0 aromatic heterocycles. The third-order valence-corrected chi connectivity index (χ3v) is 2.87. The molecule has 0 fully saturated rings. The van der Waals surface area contributed by atoms with Gasteiger partial charge in [-0.15, -0.1) is 0 Å². The van der Waals surface area contributed by atoms with E-state index in [2.05, 4.69) is 5.32 Å². The van der Waals surface area contributed by atoms with Gasteiger partial charge < -0.3 is 15.0 Å². The highest BCUT2D eigenvalue weighted by Crippen LogP contribution is 2.13. The molecule has 0 aliphatic rings. The van der Waals surface area contributed by atoms with E-state index in [0.717, 1.165) is 5.56 Å². The topological polar surface area (TPSA) is 58.6 Å². The number of carbonyl (C=O) groups excluding carboxylic acids is 2. The molecule has 0 aliphatic carbocycles. The first-order valence-electron chi connectivity index (χ1n) is 6.08. The van der Waals surface area contributed by atoms with Gasteiger partial charge in [0, 0.05) is 33.3 Å². The summed E-state index contributed by atoms with van der Waals surface area (Å²) in [5.74, 6) is -0.193. The molecule has 1 atom stereocenters. The van der Waals surface area contributed by atoms with Crippen LogP contribution < -0.4 is 5.32 Å². The monoisotopic (exact) mass is 264 g/mol. The van der Waals surface area contributed by atoms with Gasteiger partial charge in [-0.25, -0.2) is 0 Å². The number of rotatable bonds is 5. The van der Waals surface area contributed by atoms with Gasteiger partial charge in [-0.2, -0.15) is 0 Å². The Kier molecular flexibility index (Phi) is 5.51. The van der Waals surface area contributed by atoms with Crippen LogP contribution in [0.3, 0.4) is 0 Å². The molecule has 0 saturated carbocycles. The van der Waals surface area contributed by atoms with Gasteiger partial charge in [-0.05, 0) is 24.6 Å². The van der Waals surface area contributed by atoms with Gasteiger partial charge in [0.25, 0.3) is 5.91 Å². The highest BCUT2D eigenvalue weighted by molar-refractivity contribution is 5.93. The van der Waals surface area contributed by atoms with Crippen molar-refractivity contribution in [3.63, 3.8) is 0 Å². The Bertz CT molecular complexity index is 460. The smallest absolute Gasteiger partial charge is 0.253 e. The molecule has 104 valence electrons. The molecule has 1 aromatic carbocycles. The maximum atomic E-state index is 11.7. The van der Waals surface area contributed by atoms with Gasteiger partial charge in [0.2, 0.25) is 5.91 Å². The lowest BCUT2D eigenvalue weighted by Crippen LogP contribution is -2.26. The Balaban J connectivity index is 2.72. The molecule has 1 rings (SSSR count). The van der Waals surface area contributed by atoms with E-state index in [1.807, 2.05) is 18.2 Å². The van der Waals surface area contributed by atoms with Gasteiger partial charge in [0.1, 0.15) is 6.10 Å². The zero-order valence-electron chi connectivity index (χ0n) is 11.8. The van der Waals surface area contributed by atoms with Crippen molar-refractivity contribution < 1.29 is 14.3 Å². The SMILES string of the molecule is COC(C)C(=O)Nc1cccc(CN(C)C(C)=O)c1. The summed E-state index contributed by atoms with van der Waals surface area (Å²) in [5, 5.41) is 2.77. The molecule has 0 heterocycles. The van der Waals surface area contributed by atoms with E-state index in [1.54, 1.807) is 24.9 Å². The first kappa shape index (κ1) is 15.2. The molecule has 0 saturated heterocycles. The Morgan fingerprint density at radius 2 is 2.11 bits per heavy atom. The van der Waals surface area contributed by atoms with Gasteiger partial charge >= 0.3 is 0 Å². The van der Waals surface area contributed by atoms with Gasteiger partial charge in [0.05, 0.1) is 0 Å². The molecule has 5 nitrogen and oxygen atoms in total. The Morgan fingerprint density at radius 1 is 1.42 bits per heavy atom. The summed E-state index contributed by atoms with van der Waals surface area (Å²) in [6.45, 7) is 3.72. The lowest BCUT2D eigenvalue weighted by Gasteiger charge is -2.16. The van der Waals surface area contributed by atoms with Crippen LogP contribution in [0.25, 0.3) is 0 Å². The Hall–Kier alpha value is -1.88. The molecule has 0 spiro atoms. The Labute approximate surface area is 113 Å². The lowest BCUT2D eigenvalue weighted by atomic mass is 10.2. The summed E-state index contributed by atoms with van der Waals surface area (Å²) >= 11 is 0. The molecule has 0 bridgehead atoms. The predicted octanol–water partition coefficient (Wildman–Crippen LogP) is 1.64. The van der Waals surface area contributed by atoms with Crippen LogP contribution in [-0.2, 0) is 20.9 Å². The second kappa shape index (κ2) is 6.89. The van der Waals surface area contributed by atoms with E-state index < -0.39 is 6.10 Å². The van der Waals surface area contributed by atoms with Crippen molar-refractivity contribution in [3.05, 3.63) is 29.8 Å². The maximum absolute atomic E-state index is 11.7. The van der Waals surface area contributed by atoms with Crippen molar-refractivity contribution in [3.8, 4) is 0 Å². The van der Waals surface area contributed by atoms with Crippen LogP contribution in [0, 0.1) is 0 Å². The first-order valence-corrected chi connectivity index (χ1v) is 6.08. The number of methoxy groups -OCH3 is 1. The molecule has 0 radical (unpaired) electrons. The quantitative estimate of drug-likeness (QED) is 0.879. The van der Waals surface area contributed by atoms with E-state index >= 15 is 0 Å². The van der Waals surface area contributed by atoms with Gasteiger partial charge in [0.15, 0.2) is 0 Å². The number of carbonyl (C=O) groups is 2. The van der Waals surface area contributed by atoms with Crippen molar-refractivity contribution >= 4 is 17.5 Å². The Morgan fingerprint density at radius 3 is 2.68 bits per heavy atom. The van der Waals surface area contributed by atoms with E-state index in [-0.39, 0.29) is 11.8 Å².